The third-order valence-electron chi connectivity index (χ3n) is 17.8. The van der Waals surface area contributed by atoms with E-state index in [-0.39, 0.29) is 0 Å². The summed E-state index contributed by atoms with van der Waals surface area (Å²) >= 11 is 4.05. The summed E-state index contributed by atoms with van der Waals surface area (Å²) in [6.45, 7) is 10.3. The molecule has 6 heteroatoms. The maximum absolute atomic E-state index is 2.65. The topological polar surface area (TPSA) is 6.48 Å². The largest absolute Gasteiger partial charge is 0.311 e. The van der Waals surface area contributed by atoms with E-state index in [0.29, 0.717) is 0 Å². The monoisotopic (exact) mass is 1090 g/mol. The first-order valence-electron chi connectivity index (χ1n) is 27.9. The maximum Gasteiger partial charge on any atom is 0.113 e. The number of para-hydroxylation sites is 4. The van der Waals surface area contributed by atoms with Crippen molar-refractivity contribution in [3.63, 3.8) is 0 Å². The zero-order valence-corrected chi connectivity index (χ0v) is 48.9. The van der Waals surface area contributed by atoms with Crippen LogP contribution in [0.15, 0.2) is 279 Å². The molecule has 3 aliphatic rings. The van der Waals surface area contributed by atoms with Gasteiger partial charge in [-0.3, -0.25) is 0 Å². The molecule has 384 valence electrons. The highest BCUT2D eigenvalue weighted by molar-refractivity contribution is 7.17. The van der Waals surface area contributed by atoms with Gasteiger partial charge in [-0.2, -0.15) is 0 Å². The number of nitrogens with zero attached hydrogens (tertiary/aromatic N) is 2. The molecule has 0 atom stereocenters. The Hall–Kier alpha value is -8.37. The summed E-state index contributed by atoms with van der Waals surface area (Å²) in [6.07, 6.45) is 0. The molecule has 2 nitrogen and oxygen atoms in total. The molecule has 0 saturated heterocycles. The van der Waals surface area contributed by atoms with Gasteiger partial charge in [-0.15, -0.1) is 22.7 Å². The van der Waals surface area contributed by atoms with E-state index in [1.54, 1.807) is 0 Å². The first-order valence-corrected chi connectivity index (χ1v) is 35.5. The number of anilines is 6. The molecule has 0 unspecified atom stereocenters. The van der Waals surface area contributed by atoms with Gasteiger partial charge in [0.1, 0.15) is 16.1 Å². The SMILES string of the molecule is C[Si]1(C)c2ccccc2C2(c3ccccc31)c1cc(-c3ccc(N(c4ccccc4)c4ccccc4)cc3)sc1C1(c3ccccc3[Si](C)(C)c3ccccc31)c1cc(-c3ccc(N(c4ccccc4)c4ccccc4)cc3)sc12. The van der Waals surface area contributed by atoms with Crippen molar-refractivity contribution >= 4 is 93.7 Å². The lowest BCUT2D eigenvalue weighted by molar-refractivity contribution is 0.647. The van der Waals surface area contributed by atoms with E-state index in [2.05, 4.69) is 315 Å². The van der Waals surface area contributed by atoms with Crippen LogP contribution in [-0.2, 0) is 10.8 Å². The van der Waals surface area contributed by atoms with Gasteiger partial charge in [0.2, 0.25) is 0 Å². The van der Waals surface area contributed by atoms with Crippen molar-refractivity contribution in [1.29, 1.82) is 0 Å². The first kappa shape index (κ1) is 48.7. The van der Waals surface area contributed by atoms with Crippen molar-refractivity contribution in [2.75, 3.05) is 9.80 Å². The molecule has 0 fully saturated rings. The van der Waals surface area contributed by atoms with Gasteiger partial charge in [0, 0.05) is 53.6 Å². The fraction of sp³-hybridized carbons (Fsp3) is 0.0811. The first-order chi connectivity index (χ1) is 39.2. The second-order valence-electron chi connectivity index (χ2n) is 22.7. The third kappa shape index (κ3) is 7.05. The molecule has 0 amide bonds. The lowest BCUT2D eigenvalue weighted by Gasteiger charge is -2.54. The Balaban J connectivity index is 1.02. The van der Waals surface area contributed by atoms with E-state index >= 15 is 0 Å². The number of hydrogen-bond donors (Lipinski definition) is 0. The number of hydrogen-bond acceptors (Lipinski definition) is 4. The quantitative estimate of drug-likeness (QED) is 0.140. The Morgan fingerprint density at radius 2 is 0.500 bits per heavy atom. The molecule has 80 heavy (non-hydrogen) atoms. The van der Waals surface area contributed by atoms with Crippen LogP contribution < -0.4 is 30.5 Å². The van der Waals surface area contributed by atoms with Crippen molar-refractivity contribution in [1.82, 2.24) is 0 Å². The van der Waals surface area contributed by atoms with Gasteiger partial charge < -0.3 is 9.80 Å². The molecular formula is C74H58N2S2Si2. The highest BCUT2D eigenvalue weighted by Crippen LogP contribution is 2.66. The predicted octanol–water partition coefficient (Wildman–Crippen LogP) is 17.4. The molecule has 4 heterocycles. The van der Waals surface area contributed by atoms with Gasteiger partial charge in [0.15, 0.2) is 0 Å². The van der Waals surface area contributed by atoms with Crippen LogP contribution in [0.5, 0.6) is 0 Å². The second-order valence-corrected chi connectivity index (χ2v) is 33.5. The van der Waals surface area contributed by atoms with Crippen LogP contribution in [0.1, 0.15) is 43.1 Å². The molecule has 0 saturated carbocycles. The van der Waals surface area contributed by atoms with Gasteiger partial charge in [-0.05, 0) is 150 Å². The maximum atomic E-state index is 2.65. The van der Waals surface area contributed by atoms with Gasteiger partial charge in [-0.25, -0.2) is 0 Å². The molecule has 15 rings (SSSR count). The molecule has 2 aliphatic heterocycles. The molecule has 1 aliphatic carbocycles. The van der Waals surface area contributed by atoms with Crippen LogP contribution in [0.4, 0.5) is 34.1 Å². The van der Waals surface area contributed by atoms with E-state index < -0.39 is 27.0 Å². The summed E-state index contributed by atoms with van der Waals surface area (Å²) in [5, 5.41) is 6.07. The lowest BCUT2D eigenvalue weighted by atomic mass is 9.55. The summed E-state index contributed by atoms with van der Waals surface area (Å²) < 4.78 is 0. The summed E-state index contributed by atoms with van der Waals surface area (Å²) in [5.74, 6) is 0. The smallest absolute Gasteiger partial charge is 0.113 e. The number of thiophene rings is 2. The normalized spacial score (nSPS) is 15.2. The fourth-order valence-corrected chi connectivity index (χ4v) is 23.6. The molecule has 0 radical (unpaired) electrons. The summed E-state index contributed by atoms with van der Waals surface area (Å²) in [6, 6.07) is 106. The van der Waals surface area contributed by atoms with E-state index in [4.69, 9.17) is 0 Å². The number of rotatable bonds is 8. The number of benzene rings is 10. The van der Waals surface area contributed by atoms with Gasteiger partial charge >= 0.3 is 0 Å². The van der Waals surface area contributed by atoms with E-state index in [1.165, 1.54) is 84.8 Å². The minimum atomic E-state index is -2.22. The Morgan fingerprint density at radius 1 is 0.263 bits per heavy atom. The zero-order valence-electron chi connectivity index (χ0n) is 45.3. The van der Waals surface area contributed by atoms with Crippen LogP contribution in [0.2, 0.25) is 26.2 Å². The molecule has 10 aromatic carbocycles. The Kier molecular flexibility index (Phi) is 11.3. The summed E-state index contributed by atoms with van der Waals surface area (Å²) in [7, 11) is -4.45. The Morgan fingerprint density at radius 3 is 0.775 bits per heavy atom. The molecule has 0 N–H and O–H groups in total. The molecular weight excluding hydrogens is 1040 g/mol. The summed E-state index contributed by atoms with van der Waals surface area (Å²) in [5.41, 5.74) is 16.6. The highest BCUT2D eigenvalue weighted by atomic mass is 32.1. The van der Waals surface area contributed by atoms with Gasteiger partial charge in [0.25, 0.3) is 0 Å². The third-order valence-corrected chi connectivity index (χ3v) is 27.6. The minimum absolute atomic E-state index is 0.605. The van der Waals surface area contributed by atoms with Crippen LogP contribution >= 0.6 is 22.7 Å². The van der Waals surface area contributed by atoms with Crippen LogP contribution in [0.25, 0.3) is 20.9 Å². The van der Waals surface area contributed by atoms with Crippen molar-refractivity contribution in [2.45, 2.75) is 37.0 Å². The Bertz CT molecular complexity index is 3790. The molecule has 2 spiro atoms. The Labute approximate surface area is 480 Å². The molecule has 12 aromatic rings. The van der Waals surface area contributed by atoms with Crippen molar-refractivity contribution in [2.24, 2.45) is 0 Å². The molecule has 2 aromatic heterocycles. The number of fused-ring (bicyclic) bond motifs is 14. The second kappa shape index (κ2) is 18.6. The average Bonchev–Trinajstić information content (AvgIpc) is 3.84. The van der Waals surface area contributed by atoms with Crippen molar-refractivity contribution < 1.29 is 0 Å². The lowest BCUT2D eigenvalue weighted by Crippen LogP contribution is -2.66. The minimum Gasteiger partial charge on any atom is -0.311 e. The van der Waals surface area contributed by atoms with E-state index in [9.17, 15) is 0 Å². The van der Waals surface area contributed by atoms with Gasteiger partial charge in [0.05, 0.1) is 10.8 Å². The van der Waals surface area contributed by atoms with E-state index in [0.717, 1.165) is 34.1 Å². The van der Waals surface area contributed by atoms with Gasteiger partial charge in [-0.1, -0.05) is 220 Å². The highest BCUT2D eigenvalue weighted by Gasteiger charge is 2.62. The van der Waals surface area contributed by atoms with E-state index in [1.807, 2.05) is 22.7 Å². The predicted molar refractivity (Wildman–Crippen MR) is 346 cm³/mol. The molecule has 0 bridgehead atoms. The fourth-order valence-electron chi connectivity index (χ4n) is 14.2. The van der Waals surface area contributed by atoms with Crippen LogP contribution in [-0.4, -0.2) is 16.1 Å². The standard InChI is InChI=1S/C74H58N2S2Si2/c1-79(2)67-37-21-17-33-59(67)73(60-34-18-22-38-68(60)79)63-49-65(51-41-45-57(46-42-51)75(53-25-9-5-10-26-53)54-27-11-6-12-28-54)78-72(63)74(61-35-19-23-39-69(61)80(3,4)70-40-24-20-36-62(70)74)64-50-66(77-71(64)73)52-43-47-58(48-44-52)76(55-29-13-7-14-30-55)56-31-15-8-16-32-56/h5-50H,1-4H3. The van der Waals surface area contributed by atoms with Crippen molar-refractivity contribution in [3.8, 4) is 20.9 Å². The van der Waals surface area contributed by atoms with Crippen LogP contribution in [0, 0.1) is 0 Å². The summed E-state index contributed by atoms with van der Waals surface area (Å²) in [4.78, 5) is 10.1. The van der Waals surface area contributed by atoms with Crippen molar-refractivity contribution in [3.05, 3.63) is 322 Å². The average molecular weight is 1100 g/mol. The zero-order chi connectivity index (χ0) is 53.8. The van der Waals surface area contributed by atoms with Crippen LogP contribution in [0.3, 0.4) is 0 Å².